The smallest absolute Gasteiger partial charge is 0.281 e. The van der Waals surface area contributed by atoms with E-state index in [9.17, 15) is 13.2 Å². The molecule has 1 amide bonds. The Morgan fingerprint density at radius 2 is 1.84 bits per heavy atom. The summed E-state index contributed by atoms with van der Waals surface area (Å²) in [6.45, 7) is 13.0. The second-order valence-corrected chi connectivity index (χ2v) is 12.8. The van der Waals surface area contributed by atoms with Crippen molar-refractivity contribution in [3.63, 3.8) is 0 Å². The average molecular weight is 543 g/mol. The van der Waals surface area contributed by atoms with E-state index >= 15 is 0 Å². The van der Waals surface area contributed by atoms with Crippen LogP contribution in [0.4, 0.5) is 11.6 Å². The molecular weight excluding hydrogens is 504 g/mol. The molecule has 11 heteroatoms. The Kier molecular flexibility index (Phi) is 7.09. The summed E-state index contributed by atoms with van der Waals surface area (Å²) < 4.78 is 33.6. The molecule has 206 valence electrons. The summed E-state index contributed by atoms with van der Waals surface area (Å²) >= 11 is 0. The molecule has 0 saturated carbocycles. The van der Waals surface area contributed by atoms with Crippen molar-refractivity contribution in [1.29, 1.82) is 0 Å². The minimum atomic E-state index is -4.26. The monoisotopic (exact) mass is 542 g/mol. The van der Waals surface area contributed by atoms with Gasteiger partial charge < -0.3 is 15.4 Å². The summed E-state index contributed by atoms with van der Waals surface area (Å²) in [7, 11) is -4.26. The van der Waals surface area contributed by atoms with E-state index in [1.54, 1.807) is 24.4 Å². The number of amides is 1. The van der Waals surface area contributed by atoms with Gasteiger partial charge in [0.1, 0.15) is 11.6 Å². The molecule has 0 aliphatic carbocycles. The lowest BCUT2D eigenvalue weighted by molar-refractivity contribution is 0.0981. The molecule has 0 radical (unpaired) electrons. The Labute approximate surface area is 226 Å². The van der Waals surface area contributed by atoms with Crippen LogP contribution in [0, 0.1) is 5.41 Å². The molecule has 0 aromatic carbocycles. The van der Waals surface area contributed by atoms with Gasteiger partial charge in [0.2, 0.25) is 5.88 Å². The van der Waals surface area contributed by atoms with Gasteiger partial charge in [-0.1, -0.05) is 19.9 Å². The van der Waals surface area contributed by atoms with Crippen LogP contribution in [0.25, 0.3) is 11.3 Å². The van der Waals surface area contributed by atoms with Gasteiger partial charge in [-0.2, -0.15) is 8.42 Å². The fourth-order valence-electron chi connectivity index (χ4n) is 4.97. The van der Waals surface area contributed by atoms with Crippen molar-refractivity contribution in [1.82, 2.24) is 19.7 Å². The van der Waals surface area contributed by atoms with Gasteiger partial charge in [-0.3, -0.25) is 4.79 Å². The maximum atomic E-state index is 13.4. The Balaban J connectivity index is 0.00000280. The zero-order valence-corrected chi connectivity index (χ0v) is 23.3. The van der Waals surface area contributed by atoms with Crippen LogP contribution in [0.1, 0.15) is 61.2 Å². The number of hydrogen-bond donors (Lipinski definition) is 2. The molecule has 10 nitrogen and oxygen atoms in total. The summed E-state index contributed by atoms with van der Waals surface area (Å²) in [4.78, 5) is 28.6. The van der Waals surface area contributed by atoms with E-state index in [0.29, 0.717) is 23.9 Å². The highest BCUT2D eigenvalue weighted by atomic mass is 32.2. The van der Waals surface area contributed by atoms with Gasteiger partial charge in [-0.15, -0.1) is 0 Å². The van der Waals surface area contributed by atoms with Gasteiger partial charge in [0.15, 0.2) is 5.03 Å². The Bertz CT molecular complexity index is 1460. The first-order chi connectivity index (χ1) is 17.7. The molecule has 0 unspecified atom stereocenters. The predicted molar refractivity (Wildman–Crippen MR) is 151 cm³/mol. The highest BCUT2D eigenvalue weighted by Gasteiger charge is 2.45. The van der Waals surface area contributed by atoms with Crippen LogP contribution in [0.15, 0.2) is 53.7 Å². The quantitative estimate of drug-likeness (QED) is 0.440. The van der Waals surface area contributed by atoms with Crippen molar-refractivity contribution in [3.8, 4) is 17.1 Å². The number of carbonyl (C=O) groups is 1. The molecule has 0 bridgehead atoms. The number of hydrogen-bond acceptors (Lipinski definition) is 9. The molecule has 0 spiro atoms. The summed E-state index contributed by atoms with van der Waals surface area (Å²) in [5, 5.41) is -0.339. The number of carbonyl (C=O) groups excluding carboxylic acids is 1. The molecule has 1 saturated heterocycles. The van der Waals surface area contributed by atoms with Gasteiger partial charge >= 0.3 is 0 Å². The number of sulfonamides is 1. The van der Waals surface area contributed by atoms with Crippen molar-refractivity contribution < 1.29 is 20.8 Å². The maximum absolute atomic E-state index is 13.4. The third kappa shape index (κ3) is 5.88. The van der Waals surface area contributed by atoms with Gasteiger partial charge in [0.05, 0.1) is 17.4 Å². The minimum absolute atomic E-state index is 0. The first-order valence-electron chi connectivity index (χ1n) is 12.4. The number of nitrogen functional groups attached to an aromatic ring is 1. The van der Waals surface area contributed by atoms with E-state index in [0.717, 1.165) is 12.0 Å². The Morgan fingerprint density at radius 1 is 1.11 bits per heavy atom. The predicted octanol–water partition coefficient (Wildman–Crippen LogP) is 4.53. The lowest BCUT2D eigenvalue weighted by Crippen LogP contribution is -2.41. The molecule has 1 aliphatic heterocycles. The van der Waals surface area contributed by atoms with Gasteiger partial charge in [-0.25, -0.2) is 19.7 Å². The van der Waals surface area contributed by atoms with Crippen molar-refractivity contribution in [2.75, 3.05) is 17.2 Å². The molecule has 38 heavy (non-hydrogen) atoms. The highest BCUT2D eigenvalue weighted by molar-refractivity contribution is 7.90. The van der Waals surface area contributed by atoms with Crippen LogP contribution >= 0.6 is 0 Å². The van der Waals surface area contributed by atoms with Crippen LogP contribution in [0.5, 0.6) is 5.88 Å². The van der Waals surface area contributed by atoms with E-state index in [1.165, 1.54) is 18.2 Å². The van der Waals surface area contributed by atoms with E-state index in [4.69, 9.17) is 15.5 Å². The van der Waals surface area contributed by atoms with E-state index < -0.39 is 15.9 Å². The number of rotatable bonds is 7. The highest BCUT2D eigenvalue weighted by Crippen LogP contribution is 2.44. The number of aromatic nitrogens is 3. The summed E-state index contributed by atoms with van der Waals surface area (Å²) in [5.74, 6) is 0.130. The summed E-state index contributed by atoms with van der Waals surface area (Å²) in [6, 6.07) is 11.1. The Morgan fingerprint density at radius 3 is 2.42 bits per heavy atom. The number of pyridine rings is 3. The van der Waals surface area contributed by atoms with Gasteiger partial charge in [0, 0.05) is 32.8 Å². The van der Waals surface area contributed by atoms with Crippen LogP contribution in [0.3, 0.4) is 0 Å². The lowest BCUT2D eigenvalue weighted by atomic mass is 9.86. The zero-order chi connectivity index (χ0) is 27.9. The molecular formula is C27H38N6O4S. The lowest BCUT2D eigenvalue weighted by Gasteiger charge is -2.34. The number of nitrogens with one attached hydrogen (secondary N) is 1. The topological polar surface area (TPSA) is 140 Å². The van der Waals surface area contributed by atoms with Gasteiger partial charge in [0.25, 0.3) is 15.9 Å². The van der Waals surface area contributed by atoms with Crippen molar-refractivity contribution in [2.45, 2.75) is 64.6 Å². The van der Waals surface area contributed by atoms with Crippen LogP contribution in [0.2, 0.25) is 0 Å². The van der Waals surface area contributed by atoms with Crippen molar-refractivity contribution >= 4 is 27.6 Å². The number of nitrogens with two attached hydrogens (primary N) is 1. The standard InChI is InChI=1S/C27H34N6O4S.2H2/c1-17(2)37-22-13-10-18(14-29-22)20-12-11-19(24(30-20)33-16-26(3,4)15-27(33,5)6)25(34)32-38(35,36)23-9-7-8-21(28)31-23;;/h7-14,17H,15-16H2,1-6H3,(H2,28,31)(H,32,34);2*1H. The third-order valence-corrected chi connectivity index (χ3v) is 7.47. The fourth-order valence-corrected chi connectivity index (χ4v) is 5.91. The van der Waals surface area contributed by atoms with Crippen molar-refractivity contribution in [2.24, 2.45) is 5.41 Å². The van der Waals surface area contributed by atoms with Crippen LogP contribution in [-0.2, 0) is 10.0 Å². The third-order valence-electron chi connectivity index (χ3n) is 6.24. The SMILES string of the molecule is CC(C)Oc1ccc(-c2ccc(C(=O)NS(=O)(=O)c3cccc(N)n3)c(N3CC(C)(C)CC3(C)C)n2)cn1.[HH].[HH]. The molecule has 1 aliphatic rings. The van der Waals surface area contributed by atoms with Crippen LogP contribution in [-0.4, -0.2) is 47.5 Å². The molecule has 3 N–H and O–H groups in total. The number of nitrogens with zero attached hydrogens (tertiary/aromatic N) is 4. The second kappa shape index (κ2) is 9.86. The molecule has 4 rings (SSSR count). The Hall–Kier alpha value is -3.73. The maximum Gasteiger partial charge on any atom is 0.281 e. The van der Waals surface area contributed by atoms with E-state index in [2.05, 4.69) is 47.3 Å². The van der Waals surface area contributed by atoms with Crippen molar-refractivity contribution in [3.05, 3.63) is 54.2 Å². The molecule has 3 aromatic rings. The number of anilines is 2. The molecule has 1 fully saturated rings. The van der Waals surface area contributed by atoms with E-state index in [-0.39, 0.29) is 36.3 Å². The summed E-state index contributed by atoms with van der Waals surface area (Å²) in [6.07, 6.45) is 2.52. The average Bonchev–Trinajstić information content (AvgIpc) is 3.05. The minimum Gasteiger partial charge on any atom is -0.475 e. The largest absolute Gasteiger partial charge is 0.475 e. The molecule has 3 aromatic heterocycles. The first-order valence-corrected chi connectivity index (χ1v) is 13.9. The van der Waals surface area contributed by atoms with Crippen LogP contribution < -0.4 is 20.1 Å². The first kappa shape index (κ1) is 27.3. The molecule has 4 heterocycles. The zero-order valence-electron chi connectivity index (χ0n) is 22.5. The van der Waals surface area contributed by atoms with Gasteiger partial charge in [-0.05, 0) is 69.9 Å². The van der Waals surface area contributed by atoms with E-state index in [1.807, 2.05) is 19.9 Å². The molecule has 0 atom stereocenters. The normalized spacial score (nSPS) is 16.4. The second-order valence-electron chi connectivity index (χ2n) is 11.2. The number of ether oxygens (including phenoxy) is 1. The summed E-state index contributed by atoms with van der Waals surface area (Å²) in [5.41, 5.74) is 6.76. The fraction of sp³-hybridized carbons (Fsp3) is 0.407.